The summed E-state index contributed by atoms with van der Waals surface area (Å²) in [7, 11) is 0. The van der Waals surface area contributed by atoms with Crippen LogP contribution in [0.25, 0.3) is 0 Å². The van der Waals surface area contributed by atoms with Crippen LogP contribution in [0.5, 0.6) is 0 Å². The smallest absolute Gasteiger partial charge is 0.128 e. The van der Waals surface area contributed by atoms with Crippen LogP contribution < -0.4 is 0 Å². The van der Waals surface area contributed by atoms with Crippen LogP contribution in [0.4, 0.5) is 4.39 Å². The molecule has 1 fully saturated rings. The van der Waals surface area contributed by atoms with Crippen LogP contribution in [0.15, 0.2) is 22.7 Å². The molecule has 1 aromatic rings. The summed E-state index contributed by atoms with van der Waals surface area (Å²) in [5.41, 5.74) is 0.744. The van der Waals surface area contributed by atoms with Gasteiger partial charge in [0, 0.05) is 49.3 Å². The van der Waals surface area contributed by atoms with Crippen molar-refractivity contribution >= 4 is 15.9 Å². The van der Waals surface area contributed by atoms with Crippen LogP contribution in [0.1, 0.15) is 5.56 Å². The van der Waals surface area contributed by atoms with E-state index in [9.17, 15) is 4.39 Å². The summed E-state index contributed by atoms with van der Waals surface area (Å²) in [6.07, 6.45) is 0. The molecule has 1 aliphatic rings. The number of benzene rings is 1. The lowest BCUT2D eigenvalue weighted by Gasteiger charge is -2.34. The van der Waals surface area contributed by atoms with Crippen molar-refractivity contribution < 1.29 is 9.50 Å². The topological polar surface area (TPSA) is 26.7 Å². The highest BCUT2D eigenvalue weighted by atomic mass is 79.9. The molecule has 0 atom stereocenters. The molecule has 0 saturated carbocycles. The number of aliphatic hydroxyl groups is 1. The van der Waals surface area contributed by atoms with E-state index in [1.54, 1.807) is 0 Å². The summed E-state index contributed by atoms with van der Waals surface area (Å²) < 4.78 is 14.5. The molecule has 0 aliphatic carbocycles. The summed E-state index contributed by atoms with van der Waals surface area (Å²) in [5.74, 6) is -0.151. The molecule has 0 radical (unpaired) electrons. The second-order valence-electron chi connectivity index (χ2n) is 4.58. The summed E-state index contributed by atoms with van der Waals surface area (Å²) >= 11 is 3.26. The molecule has 18 heavy (non-hydrogen) atoms. The number of hydrogen-bond donors (Lipinski definition) is 1. The number of nitrogens with zero attached hydrogens (tertiary/aromatic N) is 2. The minimum absolute atomic E-state index is 0.151. The van der Waals surface area contributed by atoms with E-state index < -0.39 is 0 Å². The van der Waals surface area contributed by atoms with Crippen molar-refractivity contribution in [3.8, 4) is 0 Å². The van der Waals surface area contributed by atoms with Crippen LogP contribution in [0.2, 0.25) is 0 Å². The maximum absolute atomic E-state index is 13.7. The predicted octanol–water partition coefficient (Wildman–Crippen LogP) is 1.70. The first kappa shape index (κ1) is 13.9. The highest BCUT2D eigenvalue weighted by molar-refractivity contribution is 9.10. The fraction of sp³-hybridized carbons (Fsp3) is 0.538. The third kappa shape index (κ3) is 3.75. The fourth-order valence-electron chi connectivity index (χ4n) is 2.20. The molecule has 1 saturated heterocycles. The van der Waals surface area contributed by atoms with Crippen LogP contribution in [-0.4, -0.2) is 54.2 Å². The molecule has 0 aromatic heterocycles. The molecule has 1 heterocycles. The van der Waals surface area contributed by atoms with Gasteiger partial charge in [-0.2, -0.15) is 0 Å². The normalized spacial score (nSPS) is 18.2. The number of rotatable bonds is 4. The second-order valence-corrected chi connectivity index (χ2v) is 5.49. The number of aliphatic hydroxyl groups excluding tert-OH is 1. The zero-order chi connectivity index (χ0) is 13.0. The van der Waals surface area contributed by atoms with E-state index in [1.807, 2.05) is 12.1 Å². The number of hydrogen-bond acceptors (Lipinski definition) is 3. The van der Waals surface area contributed by atoms with Gasteiger partial charge >= 0.3 is 0 Å². The van der Waals surface area contributed by atoms with E-state index in [-0.39, 0.29) is 12.4 Å². The van der Waals surface area contributed by atoms with Crippen LogP contribution >= 0.6 is 15.9 Å². The van der Waals surface area contributed by atoms with E-state index in [2.05, 4.69) is 25.7 Å². The Bertz CT molecular complexity index is 395. The van der Waals surface area contributed by atoms with Crippen LogP contribution in [0.3, 0.4) is 0 Å². The molecule has 0 unspecified atom stereocenters. The van der Waals surface area contributed by atoms with E-state index in [1.165, 1.54) is 6.07 Å². The Balaban J connectivity index is 1.87. The van der Waals surface area contributed by atoms with Crippen molar-refractivity contribution in [1.29, 1.82) is 0 Å². The average Bonchev–Trinajstić information content (AvgIpc) is 2.35. The Morgan fingerprint density at radius 1 is 1.17 bits per heavy atom. The first-order valence-electron chi connectivity index (χ1n) is 6.18. The monoisotopic (exact) mass is 316 g/mol. The van der Waals surface area contributed by atoms with E-state index in [0.717, 1.165) is 42.8 Å². The maximum atomic E-state index is 13.7. The maximum Gasteiger partial charge on any atom is 0.128 e. The van der Waals surface area contributed by atoms with Gasteiger partial charge in [0.25, 0.3) is 0 Å². The van der Waals surface area contributed by atoms with E-state index in [0.29, 0.717) is 6.54 Å². The van der Waals surface area contributed by atoms with Gasteiger partial charge in [-0.25, -0.2) is 4.39 Å². The molecular weight excluding hydrogens is 299 g/mol. The number of piperazine rings is 1. The molecule has 1 aromatic carbocycles. The summed E-state index contributed by atoms with van der Waals surface area (Å²) in [6, 6.07) is 5.22. The first-order valence-corrected chi connectivity index (χ1v) is 6.98. The SMILES string of the molecule is OCCN1CCN(Cc2ccc(Br)cc2F)CC1. The predicted molar refractivity (Wildman–Crippen MR) is 72.9 cm³/mol. The average molecular weight is 317 g/mol. The van der Waals surface area contributed by atoms with Crippen molar-refractivity contribution in [2.45, 2.75) is 6.54 Å². The van der Waals surface area contributed by atoms with Gasteiger partial charge in [0.05, 0.1) is 6.61 Å². The zero-order valence-electron chi connectivity index (χ0n) is 10.3. The lowest BCUT2D eigenvalue weighted by Crippen LogP contribution is -2.46. The van der Waals surface area contributed by atoms with Gasteiger partial charge in [-0.05, 0) is 12.1 Å². The highest BCUT2D eigenvalue weighted by Crippen LogP contribution is 2.17. The summed E-state index contributed by atoms with van der Waals surface area (Å²) in [4.78, 5) is 4.48. The fourth-order valence-corrected chi connectivity index (χ4v) is 2.54. The Morgan fingerprint density at radius 3 is 2.44 bits per heavy atom. The van der Waals surface area contributed by atoms with Crippen molar-refractivity contribution in [1.82, 2.24) is 9.80 Å². The van der Waals surface area contributed by atoms with Gasteiger partial charge in [0.15, 0.2) is 0 Å². The minimum atomic E-state index is -0.151. The second kappa shape index (κ2) is 6.61. The largest absolute Gasteiger partial charge is 0.395 e. The van der Waals surface area contributed by atoms with Crippen LogP contribution in [-0.2, 0) is 6.54 Å². The van der Waals surface area contributed by atoms with Gasteiger partial charge in [0.2, 0.25) is 0 Å². The van der Waals surface area contributed by atoms with Crippen LogP contribution in [0, 0.1) is 5.82 Å². The van der Waals surface area contributed by atoms with E-state index in [4.69, 9.17) is 5.11 Å². The lowest BCUT2D eigenvalue weighted by atomic mass is 10.2. The van der Waals surface area contributed by atoms with Gasteiger partial charge in [-0.15, -0.1) is 0 Å². The highest BCUT2D eigenvalue weighted by Gasteiger charge is 2.17. The Kier molecular flexibility index (Phi) is 5.12. The van der Waals surface area contributed by atoms with Gasteiger partial charge in [-0.3, -0.25) is 9.80 Å². The molecule has 0 amide bonds. The number of halogens is 2. The van der Waals surface area contributed by atoms with Crippen molar-refractivity contribution in [3.05, 3.63) is 34.1 Å². The molecule has 2 rings (SSSR count). The van der Waals surface area contributed by atoms with Gasteiger partial charge in [0.1, 0.15) is 5.82 Å². The quantitative estimate of drug-likeness (QED) is 0.916. The Hall–Kier alpha value is -0.490. The van der Waals surface area contributed by atoms with Gasteiger partial charge in [-0.1, -0.05) is 22.0 Å². The first-order chi connectivity index (χ1) is 8.69. The minimum Gasteiger partial charge on any atom is -0.395 e. The summed E-state index contributed by atoms with van der Waals surface area (Å²) in [5, 5.41) is 8.87. The molecule has 3 nitrogen and oxygen atoms in total. The Labute approximate surface area is 115 Å². The number of β-amino-alcohol motifs (C(OH)–C–C–N with tert-alkyl or cyclic N) is 1. The molecule has 5 heteroatoms. The lowest BCUT2D eigenvalue weighted by molar-refractivity contribution is 0.108. The molecular formula is C13H18BrFN2O. The zero-order valence-corrected chi connectivity index (χ0v) is 11.9. The molecule has 100 valence electrons. The molecule has 0 bridgehead atoms. The van der Waals surface area contributed by atoms with Crippen molar-refractivity contribution in [3.63, 3.8) is 0 Å². The van der Waals surface area contributed by atoms with E-state index >= 15 is 0 Å². The summed E-state index contributed by atoms with van der Waals surface area (Å²) in [6.45, 7) is 5.34. The standard InChI is InChI=1S/C13H18BrFN2O/c14-12-2-1-11(13(15)9-12)10-17-5-3-16(4-6-17)7-8-18/h1-2,9,18H,3-8,10H2. The molecule has 1 aliphatic heterocycles. The third-order valence-electron chi connectivity index (χ3n) is 3.29. The Morgan fingerprint density at radius 2 is 1.83 bits per heavy atom. The third-order valence-corrected chi connectivity index (χ3v) is 3.78. The molecule has 1 N–H and O–H groups in total. The van der Waals surface area contributed by atoms with Crippen molar-refractivity contribution in [2.75, 3.05) is 39.3 Å². The van der Waals surface area contributed by atoms with Gasteiger partial charge < -0.3 is 5.11 Å². The van der Waals surface area contributed by atoms with Crippen molar-refractivity contribution in [2.24, 2.45) is 0 Å². The molecule has 0 spiro atoms.